The largest absolute Gasteiger partial charge is 0.494 e. The first-order valence-electron chi connectivity index (χ1n) is 13.9. The lowest BCUT2D eigenvalue weighted by atomic mass is 9.95. The molecule has 0 unspecified atom stereocenters. The molecule has 1 atom stereocenters. The van der Waals surface area contributed by atoms with E-state index in [-0.39, 0.29) is 30.8 Å². The minimum atomic E-state index is -3.56. The summed E-state index contributed by atoms with van der Waals surface area (Å²) in [6.45, 7) is 6.64. The Balaban J connectivity index is 1.71. The number of anilines is 1. The van der Waals surface area contributed by atoms with E-state index in [9.17, 15) is 18.0 Å². The second-order valence-corrected chi connectivity index (χ2v) is 12.2. The van der Waals surface area contributed by atoms with Crippen LogP contribution in [-0.2, 0) is 26.2 Å². The van der Waals surface area contributed by atoms with Gasteiger partial charge in [0.15, 0.2) is 0 Å². The Morgan fingerprint density at radius 1 is 1.05 bits per heavy atom. The summed E-state index contributed by atoms with van der Waals surface area (Å²) in [4.78, 5) is 28.4. The van der Waals surface area contributed by atoms with Crippen LogP contribution in [0.25, 0.3) is 0 Å². The van der Waals surface area contributed by atoms with Crippen molar-refractivity contribution in [1.29, 1.82) is 0 Å². The zero-order valence-electron chi connectivity index (χ0n) is 23.7. The van der Waals surface area contributed by atoms with E-state index in [1.54, 1.807) is 36.1 Å². The van der Waals surface area contributed by atoms with Gasteiger partial charge in [-0.15, -0.1) is 0 Å². The molecule has 0 spiro atoms. The van der Waals surface area contributed by atoms with Gasteiger partial charge in [0.25, 0.3) is 0 Å². The second-order valence-electron chi connectivity index (χ2n) is 10.3. The first-order chi connectivity index (χ1) is 18.6. The smallest absolute Gasteiger partial charge is 0.242 e. The van der Waals surface area contributed by atoms with E-state index >= 15 is 0 Å². The van der Waals surface area contributed by atoms with E-state index in [1.807, 2.05) is 38.1 Å². The first-order valence-corrected chi connectivity index (χ1v) is 15.8. The predicted molar refractivity (Wildman–Crippen MR) is 155 cm³/mol. The third-order valence-electron chi connectivity index (χ3n) is 7.31. The molecule has 8 nitrogen and oxygen atoms in total. The lowest BCUT2D eigenvalue weighted by Gasteiger charge is -2.32. The van der Waals surface area contributed by atoms with E-state index < -0.39 is 16.1 Å². The molecular formula is C30H43N3O5S. The van der Waals surface area contributed by atoms with Crippen molar-refractivity contribution in [2.45, 2.75) is 84.3 Å². The van der Waals surface area contributed by atoms with Crippen molar-refractivity contribution in [2.75, 3.05) is 23.7 Å². The van der Waals surface area contributed by atoms with Crippen LogP contribution in [0.3, 0.4) is 0 Å². The SMILES string of the molecule is CCOc1ccc(N(CCCC(=O)N(Cc2ccccc2C)[C@@H](C)C(=O)NC2CCCCC2)S(C)(=O)=O)cc1. The Kier molecular flexibility index (Phi) is 11.2. The predicted octanol–water partition coefficient (Wildman–Crippen LogP) is 4.81. The van der Waals surface area contributed by atoms with Crippen molar-refractivity contribution >= 4 is 27.5 Å². The van der Waals surface area contributed by atoms with Crippen LogP contribution < -0.4 is 14.4 Å². The highest BCUT2D eigenvalue weighted by Gasteiger charge is 2.28. The molecule has 3 rings (SSSR count). The Morgan fingerprint density at radius 3 is 2.33 bits per heavy atom. The molecule has 39 heavy (non-hydrogen) atoms. The number of hydrogen-bond acceptors (Lipinski definition) is 5. The van der Waals surface area contributed by atoms with Gasteiger partial charge in [0.05, 0.1) is 18.6 Å². The molecule has 1 fully saturated rings. The van der Waals surface area contributed by atoms with Gasteiger partial charge in [-0.05, 0) is 75.4 Å². The maximum atomic E-state index is 13.5. The lowest BCUT2D eigenvalue weighted by molar-refractivity contribution is -0.141. The molecule has 9 heteroatoms. The van der Waals surface area contributed by atoms with Gasteiger partial charge in [-0.3, -0.25) is 13.9 Å². The molecule has 0 aliphatic heterocycles. The Morgan fingerprint density at radius 2 is 1.72 bits per heavy atom. The maximum Gasteiger partial charge on any atom is 0.242 e. The number of ether oxygens (including phenoxy) is 1. The van der Waals surface area contributed by atoms with E-state index in [2.05, 4.69) is 5.32 Å². The lowest BCUT2D eigenvalue weighted by Crippen LogP contribution is -2.50. The molecule has 214 valence electrons. The molecule has 2 aromatic rings. The third-order valence-corrected chi connectivity index (χ3v) is 8.50. The quantitative estimate of drug-likeness (QED) is 0.382. The number of benzene rings is 2. The number of aryl methyl sites for hydroxylation is 1. The maximum absolute atomic E-state index is 13.5. The van der Waals surface area contributed by atoms with Crippen molar-refractivity contribution in [3.8, 4) is 5.75 Å². The van der Waals surface area contributed by atoms with Gasteiger partial charge in [0.1, 0.15) is 11.8 Å². The molecule has 1 aliphatic carbocycles. The van der Waals surface area contributed by atoms with Gasteiger partial charge in [-0.1, -0.05) is 43.5 Å². The monoisotopic (exact) mass is 557 g/mol. The summed E-state index contributed by atoms with van der Waals surface area (Å²) in [7, 11) is -3.56. The minimum absolute atomic E-state index is 0.121. The Hall–Kier alpha value is -3.07. The van der Waals surface area contributed by atoms with Crippen LogP contribution in [-0.4, -0.2) is 56.6 Å². The fourth-order valence-electron chi connectivity index (χ4n) is 5.00. The molecule has 1 aliphatic rings. The summed E-state index contributed by atoms with van der Waals surface area (Å²) in [5.41, 5.74) is 2.55. The number of nitrogens with zero attached hydrogens (tertiary/aromatic N) is 2. The van der Waals surface area contributed by atoms with E-state index in [4.69, 9.17) is 4.74 Å². The van der Waals surface area contributed by atoms with Gasteiger partial charge in [0, 0.05) is 25.6 Å². The number of carbonyl (C=O) groups is 2. The highest BCUT2D eigenvalue weighted by atomic mass is 32.2. The summed E-state index contributed by atoms with van der Waals surface area (Å²) in [6, 6.07) is 14.2. The van der Waals surface area contributed by atoms with Crippen LogP contribution in [0, 0.1) is 6.92 Å². The van der Waals surface area contributed by atoms with Crippen molar-refractivity contribution in [2.24, 2.45) is 0 Å². The fourth-order valence-corrected chi connectivity index (χ4v) is 5.97. The fraction of sp³-hybridized carbons (Fsp3) is 0.533. The van der Waals surface area contributed by atoms with Gasteiger partial charge < -0.3 is 15.0 Å². The van der Waals surface area contributed by atoms with Crippen molar-refractivity contribution < 1.29 is 22.7 Å². The number of rotatable bonds is 13. The third kappa shape index (κ3) is 8.98. The zero-order valence-corrected chi connectivity index (χ0v) is 24.5. The van der Waals surface area contributed by atoms with Crippen molar-refractivity contribution in [3.05, 3.63) is 59.7 Å². The average molecular weight is 558 g/mol. The van der Waals surface area contributed by atoms with Gasteiger partial charge >= 0.3 is 0 Å². The normalized spacial score (nSPS) is 14.9. The molecule has 1 N–H and O–H groups in total. The molecule has 2 amide bonds. The van der Waals surface area contributed by atoms with Crippen molar-refractivity contribution in [1.82, 2.24) is 10.2 Å². The van der Waals surface area contributed by atoms with Gasteiger partial charge in [-0.2, -0.15) is 0 Å². The summed E-state index contributed by atoms with van der Waals surface area (Å²) in [5, 5.41) is 3.15. The van der Waals surface area contributed by atoms with E-state index in [0.717, 1.165) is 43.1 Å². The minimum Gasteiger partial charge on any atom is -0.494 e. The number of sulfonamides is 1. The number of nitrogens with one attached hydrogen (secondary N) is 1. The molecular weight excluding hydrogens is 514 g/mol. The van der Waals surface area contributed by atoms with E-state index in [0.29, 0.717) is 31.0 Å². The molecule has 0 aromatic heterocycles. The highest BCUT2D eigenvalue weighted by Crippen LogP contribution is 2.23. The number of carbonyl (C=O) groups excluding carboxylic acids is 2. The molecule has 2 aromatic carbocycles. The van der Waals surface area contributed by atoms with Crippen LogP contribution in [0.2, 0.25) is 0 Å². The van der Waals surface area contributed by atoms with Crippen LogP contribution in [0.15, 0.2) is 48.5 Å². The summed E-state index contributed by atoms with van der Waals surface area (Å²) < 4.78 is 31.9. The highest BCUT2D eigenvalue weighted by molar-refractivity contribution is 7.92. The zero-order chi connectivity index (χ0) is 28.4. The summed E-state index contributed by atoms with van der Waals surface area (Å²) in [5.74, 6) is 0.345. The molecule has 0 bridgehead atoms. The summed E-state index contributed by atoms with van der Waals surface area (Å²) >= 11 is 0. The topological polar surface area (TPSA) is 96.0 Å². The molecule has 0 radical (unpaired) electrons. The van der Waals surface area contributed by atoms with Crippen LogP contribution in [0.1, 0.15) is 69.9 Å². The van der Waals surface area contributed by atoms with Crippen LogP contribution >= 0.6 is 0 Å². The number of amides is 2. The summed E-state index contributed by atoms with van der Waals surface area (Å²) in [6.07, 6.45) is 6.95. The molecule has 0 saturated heterocycles. The van der Waals surface area contributed by atoms with Crippen LogP contribution in [0.4, 0.5) is 5.69 Å². The first kappa shape index (κ1) is 30.5. The standard InChI is InChI=1S/C30H43N3O5S/c1-5-38-28-19-17-27(18-20-28)33(39(4,36)37)21-11-16-29(34)32(22-25-13-10-9-12-23(25)2)24(3)30(35)31-26-14-7-6-8-15-26/h9-10,12-13,17-20,24,26H,5-8,11,14-16,21-22H2,1-4H3,(H,31,35)/t24-/m0/s1. The van der Waals surface area contributed by atoms with Crippen LogP contribution in [0.5, 0.6) is 5.75 Å². The molecule has 1 saturated carbocycles. The van der Waals surface area contributed by atoms with Gasteiger partial charge in [-0.25, -0.2) is 8.42 Å². The van der Waals surface area contributed by atoms with E-state index in [1.165, 1.54) is 10.7 Å². The second kappa shape index (κ2) is 14.4. The Labute approximate surface area is 233 Å². The van der Waals surface area contributed by atoms with Crippen molar-refractivity contribution in [3.63, 3.8) is 0 Å². The molecule has 0 heterocycles. The van der Waals surface area contributed by atoms with Gasteiger partial charge in [0.2, 0.25) is 21.8 Å². The number of hydrogen-bond donors (Lipinski definition) is 1. The Bertz CT molecular complexity index is 1190. The average Bonchev–Trinajstić information content (AvgIpc) is 2.91.